The molecule has 0 radical (unpaired) electrons. The predicted molar refractivity (Wildman–Crippen MR) is 73.1 cm³/mol. The number of anilines is 1. The fourth-order valence-corrected chi connectivity index (χ4v) is 2.18. The number of ether oxygens (including phenoxy) is 1. The summed E-state index contributed by atoms with van der Waals surface area (Å²) < 4.78 is 5.54. The Labute approximate surface area is 116 Å². The number of nitrogens with zero attached hydrogens (tertiary/aromatic N) is 1. The van der Waals surface area contributed by atoms with Crippen molar-refractivity contribution in [2.45, 2.75) is 19.9 Å². The Kier molecular flexibility index (Phi) is 3.90. The topological polar surface area (TPSA) is 46.6 Å². The summed E-state index contributed by atoms with van der Waals surface area (Å²) in [4.78, 5) is 24.4. The summed E-state index contributed by atoms with van der Waals surface area (Å²) in [7, 11) is 0. The Balaban J connectivity index is 2.40. The Morgan fingerprint density at radius 1 is 1.37 bits per heavy atom. The van der Waals surface area contributed by atoms with Gasteiger partial charge in [-0.3, -0.25) is 9.59 Å². The van der Waals surface area contributed by atoms with Crippen molar-refractivity contribution >= 4 is 29.4 Å². The molecule has 0 aliphatic carbocycles. The van der Waals surface area contributed by atoms with Gasteiger partial charge >= 0.3 is 0 Å². The molecule has 4 nitrogen and oxygen atoms in total. The highest BCUT2D eigenvalue weighted by Crippen LogP contribution is 2.30. The summed E-state index contributed by atoms with van der Waals surface area (Å²) >= 11 is 5.84. The summed E-state index contributed by atoms with van der Waals surface area (Å²) in [6, 6.07) is 6.39. The fourth-order valence-electron chi connectivity index (χ4n) is 2.06. The van der Waals surface area contributed by atoms with Gasteiger partial charge in [-0.05, 0) is 43.7 Å². The van der Waals surface area contributed by atoms with E-state index in [0.29, 0.717) is 17.1 Å². The zero-order valence-electron chi connectivity index (χ0n) is 10.7. The number of benzene rings is 1. The SMILES string of the molecule is CC(C)=C1OCN(c2ccc(Cl)cc2)C1C(=O)C=O. The van der Waals surface area contributed by atoms with E-state index in [-0.39, 0.29) is 6.73 Å². The second-order valence-corrected chi connectivity index (χ2v) is 4.94. The van der Waals surface area contributed by atoms with E-state index in [1.165, 1.54) is 0 Å². The van der Waals surface area contributed by atoms with Crippen LogP contribution in [0.1, 0.15) is 13.8 Å². The molecular weight excluding hydrogens is 266 g/mol. The molecule has 5 heteroatoms. The fraction of sp³-hybridized carbons (Fsp3) is 0.286. The van der Waals surface area contributed by atoms with Crippen LogP contribution in [0.3, 0.4) is 0 Å². The van der Waals surface area contributed by atoms with Gasteiger partial charge in [0.25, 0.3) is 0 Å². The summed E-state index contributed by atoms with van der Waals surface area (Å²) in [5.41, 5.74) is 1.68. The van der Waals surface area contributed by atoms with Crippen molar-refractivity contribution in [3.63, 3.8) is 0 Å². The maximum atomic E-state index is 11.8. The molecule has 0 saturated carbocycles. The highest BCUT2D eigenvalue weighted by Gasteiger charge is 2.37. The van der Waals surface area contributed by atoms with E-state index < -0.39 is 11.8 Å². The molecule has 1 aliphatic heterocycles. The summed E-state index contributed by atoms with van der Waals surface area (Å²) in [5, 5.41) is 0.615. The van der Waals surface area contributed by atoms with Gasteiger partial charge in [-0.15, -0.1) is 0 Å². The second kappa shape index (κ2) is 5.45. The van der Waals surface area contributed by atoms with Crippen molar-refractivity contribution in [3.8, 4) is 0 Å². The van der Waals surface area contributed by atoms with Crippen LogP contribution < -0.4 is 4.90 Å². The number of hydrogen-bond acceptors (Lipinski definition) is 4. The zero-order chi connectivity index (χ0) is 14.0. The van der Waals surface area contributed by atoms with Crippen LogP contribution >= 0.6 is 11.6 Å². The second-order valence-electron chi connectivity index (χ2n) is 4.51. The van der Waals surface area contributed by atoms with Crippen molar-refractivity contribution in [2.24, 2.45) is 0 Å². The van der Waals surface area contributed by atoms with Crippen LogP contribution in [0, 0.1) is 0 Å². The molecule has 1 saturated heterocycles. The Hall–Kier alpha value is -1.81. The van der Waals surface area contributed by atoms with Crippen LogP contribution in [-0.2, 0) is 14.3 Å². The number of ketones is 1. The van der Waals surface area contributed by atoms with E-state index in [1.54, 1.807) is 29.2 Å². The van der Waals surface area contributed by atoms with E-state index in [2.05, 4.69) is 0 Å². The molecule has 1 heterocycles. The summed E-state index contributed by atoms with van der Waals surface area (Å²) in [6.07, 6.45) is 0.338. The number of allylic oxidation sites excluding steroid dienone is 1. The first-order valence-corrected chi connectivity index (χ1v) is 6.23. The lowest BCUT2D eigenvalue weighted by Gasteiger charge is -2.21. The number of rotatable bonds is 3. The smallest absolute Gasteiger partial charge is 0.225 e. The van der Waals surface area contributed by atoms with Crippen molar-refractivity contribution in [1.82, 2.24) is 0 Å². The third-order valence-electron chi connectivity index (χ3n) is 2.96. The Morgan fingerprint density at radius 3 is 2.53 bits per heavy atom. The highest BCUT2D eigenvalue weighted by molar-refractivity contribution is 6.30. The predicted octanol–water partition coefficient (Wildman–Crippen LogP) is 2.56. The third-order valence-corrected chi connectivity index (χ3v) is 3.21. The van der Waals surface area contributed by atoms with E-state index in [4.69, 9.17) is 16.3 Å². The number of hydrogen-bond donors (Lipinski definition) is 0. The maximum Gasteiger partial charge on any atom is 0.225 e. The Morgan fingerprint density at radius 2 is 2.00 bits per heavy atom. The standard InChI is InChI=1S/C14H14ClNO3/c1-9(2)14-13(12(18)7-17)16(8-19-14)11-5-3-10(15)4-6-11/h3-7,13H,8H2,1-2H3. The summed E-state index contributed by atoms with van der Waals surface area (Å²) in [5.74, 6) is 0.0377. The quantitative estimate of drug-likeness (QED) is 0.630. The lowest BCUT2D eigenvalue weighted by atomic mass is 10.1. The van der Waals surface area contributed by atoms with Crippen LogP contribution in [0.5, 0.6) is 0 Å². The minimum Gasteiger partial charge on any atom is -0.475 e. The lowest BCUT2D eigenvalue weighted by molar-refractivity contribution is -0.130. The van der Waals surface area contributed by atoms with E-state index in [1.807, 2.05) is 13.8 Å². The number of carbonyl (C=O) groups excluding carboxylic acids is 2. The maximum absolute atomic E-state index is 11.8. The molecule has 1 unspecified atom stereocenters. The molecule has 0 N–H and O–H groups in total. The van der Waals surface area contributed by atoms with Gasteiger partial charge in [0.2, 0.25) is 5.78 Å². The molecular formula is C14H14ClNO3. The molecule has 1 fully saturated rings. The molecule has 0 amide bonds. The van der Waals surface area contributed by atoms with Crippen LogP contribution in [0.4, 0.5) is 5.69 Å². The average molecular weight is 280 g/mol. The van der Waals surface area contributed by atoms with Gasteiger partial charge in [0.15, 0.2) is 19.1 Å². The van der Waals surface area contributed by atoms with Crippen molar-refractivity contribution in [3.05, 3.63) is 40.6 Å². The average Bonchev–Trinajstić information content (AvgIpc) is 2.83. The van der Waals surface area contributed by atoms with Gasteiger partial charge < -0.3 is 9.64 Å². The molecule has 1 aromatic carbocycles. The number of carbonyl (C=O) groups is 2. The first kappa shape index (κ1) is 13.6. The van der Waals surface area contributed by atoms with Gasteiger partial charge in [0, 0.05) is 10.7 Å². The minimum absolute atomic E-state index is 0.242. The molecule has 1 aromatic rings. The molecule has 0 spiro atoms. The van der Waals surface area contributed by atoms with Crippen molar-refractivity contribution < 1.29 is 14.3 Å². The van der Waals surface area contributed by atoms with Crippen molar-refractivity contribution in [1.29, 1.82) is 0 Å². The normalized spacial score (nSPS) is 18.2. The highest BCUT2D eigenvalue weighted by atomic mass is 35.5. The largest absolute Gasteiger partial charge is 0.475 e. The first-order chi connectivity index (χ1) is 9.04. The van der Waals surface area contributed by atoms with E-state index in [0.717, 1.165) is 11.3 Å². The molecule has 19 heavy (non-hydrogen) atoms. The molecule has 100 valence electrons. The molecule has 1 atom stereocenters. The van der Waals surface area contributed by atoms with Gasteiger partial charge in [0.1, 0.15) is 5.76 Å². The monoisotopic (exact) mass is 279 g/mol. The lowest BCUT2D eigenvalue weighted by Crippen LogP contribution is -2.38. The zero-order valence-corrected chi connectivity index (χ0v) is 11.5. The molecule has 2 rings (SSSR count). The molecule has 1 aliphatic rings. The third kappa shape index (κ3) is 2.63. The Bertz CT molecular complexity index is 532. The van der Waals surface area contributed by atoms with Crippen LogP contribution in [0.15, 0.2) is 35.6 Å². The van der Waals surface area contributed by atoms with Crippen LogP contribution in [-0.4, -0.2) is 24.8 Å². The van der Waals surface area contributed by atoms with E-state index in [9.17, 15) is 9.59 Å². The van der Waals surface area contributed by atoms with Gasteiger partial charge in [0.05, 0.1) is 0 Å². The van der Waals surface area contributed by atoms with Gasteiger partial charge in [-0.25, -0.2) is 0 Å². The minimum atomic E-state index is -0.677. The summed E-state index contributed by atoms with van der Waals surface area (Å²) in [6.45, 7) is 3.95. The first-order valence-electron chi connectivity index (χ1n) is 5.86. The van der Waals surface area contributed by atoms with Gasteiger partial charge in [-0.2, -0.15) is 0 Å². The van der Waals surface area contributed by atoms with Crippen molar-refractivity contribution in [2.75, 3.05) is 11.6 Å². The van der Waals surface area contributed by atoms with Crippen LogP contribution in [0.2, 0.25) is 5.02 Å². The number of Topliss-reactive ketones (excluding diaryl/α,β-unsaturated/α-hetero) is 1. The van der Waals surface area contributed by atoms with Crippen LogP contribution in [0.25, 0.3) is 0 Å². The van der Waals surface area contributed by atoms with Gasteiger partial charge in [-0.1, -0.05) is 11.6 Å². The molecule has 0 bridgehead atoms. The number of halogens is 1. The number of aldehydes is 1. The van der Waals surface area contributed by atoms with E-state index >= 15 is 0 Å². The molecule has 0 aromatic heterocycles.